The number of carbonyl (C=O) groups is 2. The third-order valence-electron chi connectivity index (χ3n) is 1.90. The minimum absolute atomic E-state index is 0.151. The number of ether oxygens (including phenoxy) is 1. The number of carboxylic acid groups (broad SMARTS) is 1. The zero-order valence-electron chi connectivity index (χ0n) is 9.43. The van der Waals surface area contributed by atoms with Crippen molar-refractivity contribution in [3.05, 3.63) is 0 Å². The Morgan fingerprint density at radius 3 is 2.44 bits per heavy atom. The first-order valence-corrected chi connectivity index (χ1v) is 6.20. The smallest absolute Gasteiger partial charge is 0.411 e. The van der Waals surface area contributed by atoms with Gasteiger partial charge in [0.15, 0.2) is 0 Å². The molecule has 0 saturated carbocycles. The first-order chi connectivity index (χ1) is 7.22. The van der Waals surface area contributed by atoms with Gasteiger partial charge in [0.1, 0.15) is 5.60 Å². The maximum atomic E-state index is 11.6. The van der Waals surface area contributed by atoms with Crippen molar-refractivity contribution < 1.29 is 23.6 Å². The second-order valence-electron chi connectivity index (χ2n) is 4.45. The van der Waals surface area contributed by atoms with Crippen LogP contribution in [0.25, 0.3) is 0 Å². The SMILES string of the molecule is CC(C)(C)OC(=O)N1CCS(=O)C1C(=O)O. The molecule has 0 bridgehead atoms. The van der Waals surface area contributed by atoms with Crippen LogP contribution in [-0.2, 0) is 20.3 Å². The Bertz CT molecular complexity index is 335. The molecule has 0 radical (unpaired) electrons. The number of carboxylic acids is 1. The van der Waals surface area contributed by atoms with E-state index in [1.807, 2.05) is 0 Å². The van der Waals surface area contributed by atoms with E-state index in [9.17, 15) is 13.8 Å². The average Bonchev–Trinajstić information content (AvgIpc) is 2.43. The highest BCUT2D eigenvalue weighted by Gasteiger charge is 2.41. The molecule has 2 unspecified atom stereocenters. The lowest BCUT2D eigenvalue weighted by Crippen LogP contribution is -2.44. The Kier molecular flexibility index (Phi) is 3.57. The highest BCUT2D eigenvalue weighted by Crippen LogP contribution is 2.18. The lowest BCUT2D eigenvalue weighted by molar-refractivity contribution is -0.139. The lowest BCUT2D eigenvalue weighted by atomic mass is 10.2. The molecular formula is C9H15NO5S. The Labute approximate surface area is 96.0 Å². The highest BCUT2D eigenvalue weighted by atomic mass is 32.2. The zero-order chi connectivity index (χ0) is 12.5. The summed E-state index contributed by atoms with van der Waals surface area (Å²) in [5.74, 6) is -1.09. The van der Waals surface area contributed by atoms with E-state index in [-0.39, 0.29) is 12.3 Å². The van der Waals surface area contributed by atoms with E-state index in [1.54, 1.807) is 20.8 Å². The van der Waals surface area contributed by atoms with Gasteiger partial charge in [-0.25, -0.2) is 9.59 Å². The summed E-state index contributed by atoms with van der Waals surface area (Å²) < 4.78 is 16.4. The van der Waals surface area contributed by atoms with Gasteiger partial charge in [-0.2, -0.15) is 0 Å². The van der Waals surface area contributed by atoms with Crippen molar-refractivity contribution in [2.45, 2.75) is 31.7 Å². The molecule has 16 heavy (non-hydrogen) atoms. The van der Waals surface area contributed by atoms with E-state index in [0.29, 0.717) is 0 Å². The number of aliphatic carboxylic acids is 1. The van der Waals surface area contributed by atoms with Crippen molar-refractivity contribution in [2.24, 2.45) is 0 Å². The summed E-state index contributed by atoms with van der Waals surface area (Å²) in [6.07, 6.45) is -0.731. The third-order valence-corrected chi connectivity index (χ3v) is 3.44. The lowest BCUT2D eigenvalue weighted by Gasteiger charge is -2.25. The van der Waals surface area contributed by atoms with Gasteiger partial charge in [-0.15, -0.1) is 0 Å². The van der Waals surface area contributed by atoms with E-state index >= 15 is 0 Å². The maximum absolute atomic E-state index is 11.6. The molecule has 0 aromatic rings. The summed E-state index contributed by atoms with van der Waals surface area (Å²) in [6.45, 7) is 5.22. The van der Waals surface area contributed by atoms with Crippen LogP contribution in [0.4, 0.5) is 4.79 Å². The molecule has 1 amide bonds. The summed E-state index contributed by atoms with van der Waals surface area (Å²) in [5.41, 5.74) is -0.690. The predicted molar refractivity (Wildman–Crippen MR) is 57.4 cm³/mol. The molecule has 1 fully saturated rings. The average molecular weight is 249 g/mol. The molecule has 1 saturated heterocycles. The second-order valence-corrected chi connectivity index (χ2v) is 6.07. The first-order valence-electron chi connectivity index (χ1n) is 4.82. The van der Waals surface area contributed by atoms with Crippen LogP contribution in [0.2, 0.25) is 0 Å². The van der Waals surface area contributed by atoms with Crippen LogP contribution in [0.1, 0.15) is 20.8 Å². The quantitative estimate of drug-likeness (QED) is 0.727. The van der Waals surface area contributed by atoms with Crippen LogP contribution in [0.5, 0.6) is 0 Å². The number of carbonyl (C=O) groups excluding carboxylic acids is 1. The molecule has 0 spiro atoms. The molecule has 1 aliphatic heterocycles. The molecule has 1 aliphatic rings. The van der Waals surface area contributed by atoms with Crippen LogP contribution >= 0.6 is 0 Å². The Morgan fingerprint density at radius 1 is 1.44 bits per heavy atom. The third kappa shape index (κ3) is 2.94. The van der Waals surface area contributed by atoms with Gasteiger partial charge in [-0.3, -0.25) is 9.11 Å². The maximum Gasteiger partial charge on any atom is 0.411 e. The van der Waals surface area contributed by atoms with Crippen molar-refractivity contribution in [1.29, 1.82) is 0 Å². The molecule has 92 valence electrons. The molecule has 7 heteroatoms. The minimum atomic E-state index is -1.54. The molecule has 0 aromatic carbocycles. The van der Waals surface area contributed by atoms with Crippen LogP contribution in [0.15, 0.2) is 0 Å². The zero-order valence-corrected chi connectivity index (χ0v) is 10.2. The highest BCUT2D eigenvalue weighted by molar-refractivity contribution is 7.86. The molecule has 0 aromatic heterocycles. The van der Waals surface area contributed by atoms with Crippen molar-refractivity contribution in [3.63, 3.8) is 0 Å². The summed E-state index contributed by atoms with van der Waals surface area (Å²) in [4.78, 5) is 23.5. The molecule has 2 atom stereocenters. The topological polar surface area (TPSA) is 83.9 Å². The van der Waals surface area contributed by atoms with Crippen LogP contribution in [-0.4, -0.2) is 49.6 Å². The molecule has 6 nitrogen and oxygen atoms in total. The number of hydrogen-bond acceptors (Lipinski definition) is 4. The number of amides is 1. The number of nitrogens with zero attached hydrogens (tertiary/aromatic N) is 1. The second kappa shape index (κ2) is 4.40. The number of hydrogen-bond donors (Lipinski definition) is 1. The van der Waals surface area contributed by atoms with Crippen molar-refractivity contribution in [3.8, 4) is 0 Å². The fraction of sp³-hybridized carbons (Fsp3) is 0.778. The molecule has 1 heterocycles. The molecule has 1 rings (SSSR count). The summed E-state index contributed by atoms with van der Waals surface area (Å²) >= 11 is 0. The first kappa shape index (κ1) is 13.0. The van der Waals surface area contributed by atoms with Gasteiger partial charge in [0.05, 0.1) is 10.8 Å². The normalized spacial score (nSPS) is 25.6. The van der Waals surface area contributed by atoms with Gasteiger partial charge in [0.2, 0.25) is 5.37 Å². The Balaban J connectivity index is 2.77. The molecule has 1 N–H and O–H groups in total. The fourth-order valence-electron chi connectivity index (χ4n) is 1.31. The van der Waals surface area contributed by atoms with Crippen LogP contribution < -0.4 is 0 Å². The van der Waals surface area contributed by atoms with Crippen LogP contribution in [0.3, 0.4) is 0 Å². The molecule has 0 aliphatic carbocycles. The standard InChI is InChI=1S/C9H15NO5S/c1-9(2,3)15-8(13)10-4-5-16(14)6(10)7(11)12/h6H,4-5H2,1-3H3,(H,11,12). The fourth-order valence-corrected chi connectivity index (χ4v) is 2.61. The summed E-state index contributed by atoms with van der Waals surface area (Å²) in [6, 6.07) is 0. The van der Waals surface area contributed by atoms with Gasteiger partial charge >= 0.3 is 12.1 Å². The largest absolute Gasteiger partial charge is 0.479 e. The van der Waals surface area contributed by atoms with Gasteiger partial charge in [0.25, 0.3) is 0 Å². The monoisotopic (exact) mass is 249 g/mol. The van der Waals surface area contributed by atoms with Gasteiger partial charge in [-0.05, 0) is 20.8 Å². The minimum Gasteiger partial charge on any atom is -0.479 e. The van der Waals surface area contributed by atoms with E-state index in [4.69, 9.17) is 9.84 Å². The van der Waals surface area contributed by atoms with Crippen molar-refractivity contribution in [2.75, 3.05) is 12.3 Å². The summed E-state index contributed by atoms with van der Waals surface area (Å²) in [7, 11) is -1.54. The van der Waals surface area contributed by atoms with Gasteiger partial charge in [-0.1, -0.05) is 0 Å². The number of rotatable bonds is 1. The Hall–Kier alpha value is -1.11. The van der Waals surface area contributed by atoms with Crippen molar-refractivity contribution >= 4 is 22.9 Å². The van der Waals surface area contributed by atoms with Gasteiger partial charge < -0.3 is 9.84 Å². The Morgan fingerprint density at radius 2 is 2.00 bits per heavy atom. The van der Waals surface area contributed by atoms with Crippen LogP contribution in [0, 0.1) is 0 Å². The summed E-state index contributed by atoms with van der Waals surface area (Å²) in [5, 5.41) is 7.58. The van der Waals surface area contributed by atoms with E-state index < -0.39 is 33.8 Å². The van der Waals surface area contributed by atoms with E-state index in [1.165, 1.54) is 0 Å². The van der Waals surface area contributed by atoms with E-state index in [2.05, 4.69) is 0 Å². The predicted octanol–water partition coefficient (Wildman–Crippen LogP) is 0.397. The van der Waals surface area contributed by atoms with Gasteiger partial charge in [0, 0.05) is 12.3 Å². The van der Waals surface area contributed by atoms with Crippen molar-refractivity contribution in [1.82, 2.24) is 4.90 Å². The van der Waals surface area contributed by atoms with E-state index in [0.717, 1.165) is 4.90 Å². The molecular weight excluding hydrogens is 234 g/mol.